The molecule has 18 heavy (non-hydrogen) atoms. The highest BCUT2D eigenvalue weighted by Crippen LogP contribution is 2.32. The van der Waals surface area contributed by atoms with Gasteiger partial charge in [-0.3, -0.25) is 4.79 Å². The summed E-state index contributed by atoms with van der Waals surface area (Å²) < 4.78 is 10.5. The molecule has 0 spiro atoms. The maximum Gasteiger partial charge on any atom is 0.231 e. The van der Waals surface area contributed by atoms with Gasteiger partial charge in [-0.2, -0.15) is 11.8 Å². The van der Waals surface area contributed by atoms with Gasteiger partial charge in [-0.15, -0.1) is 0 Å². The van der Waals surface area contributed by atoms with E-state index in [9.17, 15) is 4.79 Å². The topological polar surface area (TPSA) is 47.6 Å². The number of nitrogens with one attached hydrogen (secondary N) is 1. The molecule has 4 nitrogen and oxygen atoms in total. The van der Waals surface area contributed by atoms with Crippen LogP contribution in [0.15, 0.2) is 18.2 Å². The first-order valence-corrected chi connectivity index (χ1v) is 7.33. The molecule has 5 heteroatoms. The van der Waals surface area contributed by atoms with Crippen LogP contribution in [0.4, 0.5) is 0 Å². The molecule has 1 aromatic carbocycles. The van der Waals surface area contributed by atoms with E-state index < -0.39 is 0 Å². The Bertz CT molecular complexity index is 423. The van der Waals surface area contributed by atoms with Gasteiger partial charge in [0, 0.05) is 13.0 Å². The summed E-state index contributed by atoms with van der Waals surface area (Å²) in [6, 6.07) is 5.72. The van der Waals surface area contributed by atoms with Crippen molar-refractivity contribution < 1.29 is 14.3 Å². The minimum Gasteiger partial charge on any atom is -0.454 e. The normalized spacial score (nSPS) is 12.5. The first-order valence-electron chi connectivity index (χ1n) is 5.94. The van der Waals surface area contributed by atoms with Gasteiger partial charge in [0.1, 0.15) is 0 Å². The lowest BCUT2D eigenvalue weighted by molar-refractivity contribution is -0.121. The highest BCUT2D eigenvalue weighted by Gasteiger charge is 2.13. The third-order valence-electron chi connectivity index (χ3n) is 2.68. The van der Waals surface area contributed by atoms with E-state index in [2.05, 4.69) is 5.32 Å². The van der Waals surface area contributed by atoms with Gasteiger partial charge in [-0.1, -0.05) is 6.07 Å². The molecule has 1 N–H and O–H groups in total. The molecule has 0 aromatic heterocycles. The molecule has 1 aliphatic rings. The van der Waals surface area contributed by atoms with E-state index in [0.717, 1.165) is 29.2 Å². The summed E-state index contributed by atoms with van der Waals surface area (Å²) in [5, 5.41) is 2.90. The van der Waals surface area contributed by atoms with Gasteiger partial charge in [-0.25, -0.2) is 0 Å². The summed E-state index contributed by atoms with van der Waals surface area (Å²) in [4.78, 5) is 11.5. The third-order valence-corrected chi connectivity index (χ3v) is 3.38. The summed E-state index contributed by atoms with van der Waals surface area (Å²) in [5.41, 5.74) is 1.03. The van der Waals surface area contributed by atoms with Crippen LogP contribution in [0, 0.1) is 0 Å². The first kappa shape index (κ1) is 13.1. The van der Waals surface area contributed by atoms with Crippen LogP contribution in [0.25, 0.3) is 0 Å². The largest absolute Gasteiger partial charge is 0.454 e. The smallest absolute Gasteiger partial charge is 0.231 e. The third kappa shape index (κ3) is 3.57. The van der Waals surface area contributed by atoms with Gasteiger partial charge in [0.2, 0.25) is 12.7 Å². The highest BCUT2D eigenvalue weighted by atomic mass is 32.2. The molecule has 0 bridgehead atoms. The van der Waals surface area contributed by atoms with E-state index in [-0.39, 0.29) is 12.7 Å². The van der Waals surface area contributed by atoms with E-state index in [1.807, 2.05) is 24.5 Å². The lowest BCUT2D eigenvalue weighted by Gasteiger charge is -2.06. The van der Waals surface area contributed by atoms with Crippen LogP contribution in [-0.2, 0) is 11.3 Å². The van der Waals surface area contributed by atoms with E-state index in [4.69, 9.17) is 9.47 Å². The standard InChI is InChI=1S/C13H17NO3S/c1-18-6-2-3-13(15)14-8-10-4-5-11-12(7-10)17-9-16-11/h4-5,7H,2-3,6,8-9H2,1H3,(H,14,15). The predicted molar refractivity (Wildman–Crippen MR) is 72.0 cm³/mol. The van der Waals surface area contributed by atoms with Crippen molar-refractivity contribution in [1.29, 1.82) is 0 Å². The second kappa shape index (κ2) is 6.54. The van der Waals surface area contributed by atoms with Crippen molar-refractivity contribution in [3.05, 3.63) is 23.8 Å². The Kier molecular flexibility index (Phi) is 4.75. The number of carbonyl (C=O) groups excluding carboxylic acids is 1. The van der Waals surface area contributed by atoms with Gasteiger partial charge in [0.25, 0.3) is 0 Å². The molecule has 98 valence electrons. The fourth-order valence-corrected chi connectivity index (χ4v) is 2.15. The van der Waals surface area contributed by atoms with E-state index in [1.165, 1.54) is 0 Å². The number of thioether (sulfide) groups is 1. The van der Waals surface area contributed by atoms with Crippen LogP contribution in [0.3, 0.4) is 0 Å². The Morgan fingerprint density at radius 1 is 1.39 bits per heavy atom. The summed E-state index contributed by atoms with van der Waals surface area (Å²) in [6.07, 6.45) is 3.56. The average molecular weight is 267 g/mol. The number of hydrogen-bond acceptors (Lipinski definition) is 4. The molecule has 0 fully saturated rings. The molecule has 1 aliphatic heterocycles. The monoisotopic (exact) mass is 267 g/mol. The Balaban J connectivity index is 1.78. The van der Waals surface area contributed by atoms with Crippen molar-refractivity contribution in [2.75, 3.05) is 18.8 Å². The number of amides is 1. The van der Waals surface area contributed by atoms with E-state index >= 15 is 0 Å². The summed E-state index contributed by atoms with van der Waals surface area (Å²) in [6.45, 7) is 0.814. The second-order valence-corrected chi connectivity index (χ2v) is 5.05. The van der Waals surface area contributed by atoms with Gasteiger partial charge in [0.05, 0.1) is 0 Å². The molecule has 1 aromatic rings. The lowest BCUT2D eigenvalue weighted by atomic mass is 10.2. The van der Waals surface area contributed by atoms with Crippen molar-refractivity contribution >= 4 is 17.7 Å². The Hall–Kier alpha value is -1.36. The van der Waals surface area contributed by atoms with Crippen LogP contribution in [0.2, 0.25) is 0 Å². The molecule has 1 amide bonds. The first-order chi connectivity index (χ1) is 8.79. The zero-order chi connectivity index (χ0) is 12.8. The maximum absolute atomic E-state index is 11.5. The number of fused-ring (bicyclic) bond motifs is 1. The Morgan fingerprint density at radius 2 is 2.22 bits per heavy atom. The van der Waals surface area contributed by atoms with Crippen molar-refractivity contribution in [3.63, 3.8) is 0 Å². The maximum atomic E-state index is 11.5. The Labute approximate surface area is 111 Å². The number of benzene rings is 1. The average Bonchev–Trinajstić information content (AvgIpc) is 2.84. The number of ether oxygens (including phenoxy) is 2. The minimum atomic E-state index is 0.0988. The zero-order valence-corrected chi connectivity index (χ0v) is 11.2. The zero-order valence-electron chi connectivity index (χ0n) is 10.4. The van der Waals surface area contributed by atoms with Crippen LogP contribution < -0.4 is 14.8 Å². The van der Waals surface area contributed by atoms with Gasteiger partial charge >= 0.3 is 0 Å². The van der Waals surface area contributed by atoms with E-state index in [0.29, 0.717) is 13.0 Å². The van der Waals surface area contributed by atoms with Crippen LogP contribution in [0.1, 0.15) is 18.4 Å². The van der Waals surface area contributed by atoms with Crippen LogP contribution >= 0.6 is 11.8 Å². The minimum absolute atomic E-state index is 0.0988. The summed E-state index contributed by atoms with van der Waals surface area (Å²) in [5.74, 6) is 2.65. The number of rotatable bonds is 6. The molecular weight excluding hydrogens is 250 g/mol. The lowest BCUT2D eigenvalue weighted by Crippen LogP contribution is -2.22. The van der Waals surface area contributed by atoms with Crippen molar-refractivity contribution in [3.8, 4) is 11.5 Å². The molecule has 1 heterocycles. The molecule has 0 saturated heterocycles. The predicted octanol–water partition coefficient (Wildman–Crippen LogP) is 2.17. The van der Waals surface area contributed by atoms with Crippen LogP contribution in [-0.4, -0.2) is 24.7 Å². The fourth-order valence-electron chi connectivity index (χ4n) is 1.72. The summed E-state index contributed by atoms with van der Waals surface area (Å²) >= 11 is 1.76. The SMILES string of the molecule is CSCCCC(=O)NCc1ccc2c(c1)OCO2. The number of carbonyl (C=O) groups is 1. The second-order valence-electron chi connectivity index (χ2n) is 4.06. The van der Waals surface area contributed by atoms with Gasteiger partial charge in [0.15, 0.2) is 11.5 Å². The highest BCUT2D eigenvalue weighted by molar-refractivity contribution is 7.98. The molecule has 0 aliphatic carbocycles. The molecule has 0 unspecified atom stereocenters. The molecule has 0 saturated carbocycles. The molecule has 2 rings (SSSR count). The van der Waals surface area contributed by atoms with Crippen LogP contribution in [0.5, 0.6) is 11.5 Å². The summed E-state index contributed by atoms with van der Waals surface area (Å²) in [7, 11) is 0. The van der Waals surface area contributed by atoms with Gasteiger partial charge in [-0.05, 0) is 36.1 Å². The van der Waals surface area contributed by atoms with Crippen molar-refractivity contribution in [2.24, 2.45) is 0 Å². The number of hydrogen-bond donors (Lipinski definition) is 1. The Morgan fingerprint density at radius 3 is 3.06 bits per heavy atom. The van der Waals surface area contributed by atoms with Crippen molar-refractivity contribution in [2.45, 2.75) is 19.4 Å². The molecule has 0 radical (unpaired) electrons. The van der Waals surface area contributed by atoms with E-state index in [1.54, 1.807) is 11.8 Å². The quantitative estimate of drug-likeness (QED) is 0.803. The molecular formula is C13H17NO3S. The van der Waals surface area contributed by atoms with Crippen molar-refractivity contribution in [1.82, 2.24) is 5.32 Å². The molecule has 0 atom stereocenters. The van der Waals surface area contributed by atoms with Gasteiger partial charge < -0.3 is 14.8 Å². The fraction of sp³-hybridized carbons (Fsp3) is 0.462.